The molecule has 8 nitrogen and oxygen atoms in total. The van der Waals surface area contributed by atoms with Crippen molar-refractivity contribution in [2.24, 2.45) is 0 Å². The van der Waals surface area contributed by atoms with E-state index in [1.807, 2.05) is 23.1 Å². The second kappa shape index (κ2) is 8.67. The minimum absolute atomic E-state index is 0.0583. The third-order valence-electron chi connectivity index (χ3n) is 5.77. The molecule has 0 aliphatic carbocycles. The number of rotatable bonds is 4. The summed E-state index contributed by atoms with van der Waals surface area (Å²) in [5.74, 6) is 0.936. The number of carbonyl (C=O) groups is 2. The minimum atomic E-state index is -0.449. The van der Waals surface area contributed by atoms with E-state index in [9.17, 15) is 9.59 Å². The van der Waals surface area contributed by atoms with E-state index in [0.29, 0.717) is 17.9 Å². The number of nitrogens with one attached hydrogen (secondary N) is 1. The van der Waals surface area contributed by atoms with Crippen molar-refractivity contribution < 1.29 is 14.3 Å². The lowest BCUT2D eigenvalue weighted by molar-refractivity contribution is 0.180. The number of benzene rings is 2. The summed E-state index contributed by atoms with van der Waals surface area (Å²) in [5.41, 5.74) is 3.40. The fourth-order valence-electron chi connectivity index (χ4n) is 4.17. The molecule has 1 unspecified atom stereocenters. The predicted molar refractivity (Wildman–Crippen MR) is 120 cm³/mol. The molecule has 0 spiro atoms. The van der Waals surface area contributed by atoms with Crippen molar-refractivity contribution in [3.63, 3.8) is 0 Å². The number of carbonyl (C=O) groups excluding carboxylic acids is 2. The summed E-state index contributed by atoms with van der Waals surface area (Å²) in [6.07, 6.45) is 1.38. The molecule has 1 saturated heterocycles. The SMILES string of the molecule is CCn1c(C2CCCN2C(=O)Nc2ccc(N(C)C(=O)OC)cc2)nc2ccccc21. The molecule has 8 heteroatoms. The molecule has 1 aliphatic rings. The lowest BCUT2D eigenvalue weighted by Gasteiger charge is -2.25. The Morgan fingerprint density at radius 2 is 1.94 bits per heavy atom. The van der Waals surface area contributed by atoms with E-state index < -0.39 is 6.09 Å². The summed E-state index contributed by atoms with van der Waals surface area (Å²) >= 11 is 0. The van der Waals surface area contributed by atoms with Gasteiger partial charge in [-0.3, -0.25) is 4.90 Å². The van der Waals surface area contributed by atoms with Crippen LogP contribution in [-0.4, -0.2) is 47.3 Å². The number of imidazole rings is 1. The smallest absolute Gasteiger partial charge is 0.413 e. The number of hydrogen-bond donors (Lipinski definition) is 1. The Labute approximate surface area is 181 Å². The number of methoxy groups -OCH3 is 1. The van der Waals surface area contributed by atoms with Gasteiger partial charge in [0.1, 0.15) is 5.82 Å². The summed E-state index contributed by atoms with van der Waals surface area (Å²) in [6.45, 7) is 3.59. The van der Waals surface area contributed by atoms with Crippen molar-refractivity contribution in [1.82, 2.24) is 14.5 Å². The zero-order valence-electron chi connectivity index (χ0n) is 18.0. The summed E-state index contributed by atoms with van der Waals surface area (Å²) in [4.78, 5) is 32.9. The Hall–Kier alpha value is -3.55. The monoisotopic (exact) mass is 421 g/mol. The molecule has 1 atom stereocenters. The van der Waals surface area contributed by atoms with E-state index in [2.05, 4.69) is 22.9 Å². The van der Waals surface area contributed by atoms with Crippen LogP contribution in [0.3, 0.4) is 0 Å². The number of anilines is 2. The number of fused-ring (bicyclic) bond motifs is 1. The number of urea groups is 1. The highest BCUT2D eigenvalue weighted by Gasteiger charge is 2.33. The molecule has 31 heavy (non-hydrogen) atoms. The molecule has 2 heterocycles. The first-order valence-electron chi connectivity index (χ1n) is 10.5. The number of ether oxygens (including phenoxy) is 1. The van der Waals surface area contributed by atoms with Gasteiger partial charge in [-0.25, -0.2) is 14.6 Å². The van der Waals surface area contributed by atoms with Gasteiger partial charge in [-0.2, -0.15) is 0 Å². The van der Waals surface area contributed by atoms with E-state index in [0.717, 1.165) is 36.2 Å². The zero-order valence-corrected chi connectivity index (χ0v) is 18.0. The van der Waals surface area contributed by atoms with Crippen molar-refractivity contribution >= 4 is 34.5 Å². The quantitative estimate of drug-likeness (QED) is 0.666. The van der Waals surface area contributed by atoms with Gasteiger partial charge < -0.3 is 19.5 Å². The molecule has 4 rings (SSSR count). The van der Waals surface area contributed by atoms with E-state index in [-0.39, 0.29) is 12.1 Å². The second-order valence-corrected chi connectivity index (χ2v) is 7.56. The summed E-state index contributed by atoms with van der Waals surface area (Å²) in [6, 6.07) is 15.0. The van der Waals surface area contributed by atoms with Crippen LogP contribution in [0.2, 0.25) is 0 Å². The Bertz CT molecular complexity index is 1090. The highest BCUT2D eigenvalue weighted by molar-refractivity contribution is 5.91. The van der Waals surface area contributed by atoms with Gasteiger partial charge in [0.25, 0.3) is 0 Å². The minimum Gasteiger partial charge on any atom is -0.452 e. The summed E-state index contributed by atoms with van der Waals surface area (Å²) in [5, 5.41) is 2.98. The van der Waals surface area contributed by atoms with Gasteiger partial charge in [0.15, 0.2) is 0 Å². The summed E-state index contributed by atoms with van der Waals surface area (Å²) in [7, 11) is 2.97. The highest BCUT2D eigenvalue weighted by atomic mass is 16.5. The Morgan fingerprint density at radius 1 is 1.19 bits per heavy atom. The van der Waals surface area contributed by atoms with Gasteiger partial charge >= 0.3 is 12.1 Å². The standard InChI is InChI=1S/C23H27N5O3/c1-4-27-19-9-6-5-8-18(19)25-21(27)20-10-7-15-28(20)22(29)24-16-11-13-17(14-12-16)26(2)23(30)31-3/h5-6,8-9,11-14,20H,4,7,10,15H2,1-3H3,(H,24,29). The van der Waals surface area contributed by atoms with Gasteiger partial charge in [-0.1, -0.05) is 12.1 Å². The molecule has 1 aliphatic heterocycles. The van der Waals surface area contributed by atoms with Crippen LogP contribution >= 0.6 is 0 Å². The second-order valence-electron chi connectivity index (χ2n) is 7.56. The number of amides is 3. The molecule has 162 valence electrons. The van der Waals surface area contributed by atoms with Crippen molar-refractivity contribution in [2.75, 3.05) is 30.9 Å². The summed E-state index contributed by atoms with van der Waals surface area (Å²) < 4.78 is 6.92. The number of likely N-dealkylation sites (tertiary alicyclic amines) is 1. The molecule has 0 radical (unpaired) electrons. The normalized spacial score (nSPS) is 15.8. The van der Waals surface area contributed by atoms with Crippen LogP contribution in [0.4, 0.5) is 21.0 Å². The molecule has 1 aromatic heterocycles. The predicted octanol–water partition coefficient (Wildman–Crippen LogP) is 4.63. The number of aromatic nitrogens is 2. The van der Waals surface area contributed by atoms with Crippen molar-refractivity contribution in [3.8, 4) is 0 Å². The fourth-order valence-corrected chi connectivity index (χ4v) is 4.17. The number of para-hydroxylation sites is 2. The van der Waals surface area contributed by atoms with E-state index >= 15 is 0 Å². The van der Waals surface area contributed by atoms with Crippen LogP contribution in [0.5, 0.6) is 0 Å². The third-order valence-corrected chi connectivity index (χ3v) is 5.77. The van der Waals surface area contributed by atoms with Gasteiger partial charge in [0, 0.05) is 31.5 Å². The van der Waals surface area contributed by atoms with E-state index in [1.54, 1.807) is 31.3 Å². The maximum absolute atomic E-state index is 13.1. The lowest BCUT2D eigenvalue weighted by atomic mass is 10.2. The number of hydrogen-bond acceptors (Lipinski definition) is 4. The molecule has 3 aromatic rings. The molecule has 0 bridgehead atoms. The average Bonchev–Trinajstić information content (AvgIpc) is 3.42. The Morgan fingerprint density at radius 3 is 2.65 bits per heavy atom. The molecular formula is C23H27N5O3. The first-order valence-corrected chi connectivity index (χ1v) is 10.5. The van der Waals surface area contributed by atoms with Crippen LogP contribution in [-0.2, 0) is 11.3 Å². The van der Waals surface area contributed by atoms with Gasteiger partial charge in [-0.15, -0.1) is 0 Å². The van der Waals surface area contributed by atoms with Crippen LogP contribution in [0.15, 0.2) is 48.5 Å². The molecule has 3 amide bonds. The zero-order chi connectivity index (χ0) is 22.0. The van der Waals surface area contributed by atoms with Crippen molar-refractivity contribution in [1.29, 1.82) is 0 Å². The van der Waals surface area contributed by atoms with Crippen LogP contribution in [0, 0.1) is 0 Å². The van der Waals surface area contributed by atoms with Crippen molar-refractivity contribution in [2.45, 2.75) is 32.4 Å². The molecule has 0 saturated carbocycles. The number of aryl methyl sites for hydroxylation is 1. The molecular weight excluding hydrogens is 394 g/mol. The van der Waals surface area contributed by atoms with E-state index in [1.165, 1.54) is 12.0 Å². The maximum Gasteiger partial charge on any atom is 0.413 e. The average molecular weight is 422 g/mol. The van der Waals surface area contributed by atoms with Crippen LogP contribution < -0.4 is 10.2 Å². The van der Waals surface area contributed by atoms with Gasteiger partial charge in [0.05, 0.1) is 24.2 Å². The number of nitrogens with zero attached hydrogens (tertiary/aromatic N) is 4. The molecule has 1 fully saturated rings. The van der Waals surface area contributed by atoms with Crippen LogP contribution in [0.1, 0.15) is 31.6 Å². The first kappa shape index (κ1) is 20.7. The largest absolute Gasteiger partial charge is 0.452 e. The van der Waals surface area contributed by atoms with Crippen molar-refractivity contribution in [3.05, 3.63) is 54.4 Å². The first-order chi connectivity index (χ1) is 15.0. The lowest BCUT2D eigenvalue weighted by Crippen LogP contribution is -2.35. The van der Waals surface area contributed by atoms with E-state index in [4.69, 9.17) is 9.72 Å². The van der Waals surface area contributed by atoms with Crippen LogP contribution in [0.25, 0.3) is 11.0 Å². The topological polar surface area (TPSA) is 79.7 Å². The fraction of sp³-hybridized carbons (Fsp3) is 0.348. The Kier molecular flexibility index (Phi) is 5.79. The van der Waals surface area contributed by atoms with Gasteiger partial charge in [-0.05, 0) is 56.2 Å². The molecule has 1 N–H and O–H groups in total. The maximum atomic E-state index is 13.1. The third kappa shape index (κ3) is 3.93. The van der Waals surface area contributed by atoms with Gasteiger partial charge in [0.2, 0.25) is 0 Å². The highest BCUT2D eigenvalue weighted by Crippen LogP contribution is 2.34. The Balaban J connectivity index is 1.52. The molecule has 2 aromatic carbocycles.